The lowest BCUT2D eigenvalue weighted by Crippen LogP contribution is -2.40. The van der Waals surface area contributed by atoms with E-state index in [2.05, 4.69) is 32.3 Å². The highest BCUT2D eigenvalue weighted by molar-refractivity contribution is 9.10. The molecule has 3 aromatic rings. The number of nitrogens with zero attached hydrogens (tertiary/aromatic N) is 3. The van der Waals surface area contributed by atoms with Crippen molar-refractivity contribution in [3.05, 3.63) is 69.1 Å². The summed E-state index contributed by atoms with van der Waals surface area (Å²) in [4.78, 5) is 31.6. The second-order valence-electron chi connectivity index (χ2n) is 7.13. The number of hydrogen-bond acceptors (Lipinski definition) is 6. The second-order valence-corrected chi connectivity index (χ2v) is 8.90. The Kier molecular flexibility index (Phi) is 5.52. The van der Waals surface area contributed by atoms with Crippen molar-refractivity contribution in [2.45, 2.75) is 19.0 Å². The summed E-state index contributed by atoms with van der Waals surface area (Å²) >= 11 is 4.87. The van der Waals surface area contributed by atoms with Crippen LogP contribution in [0, 0.1) is 11.3 Å². The summed E-state index contributed by atoms with van der Waals surface area (Å²) in [5.74, 6) is 0.297. The van der Waals surface area contributed by atoms with Gasteiger partial charge < -0.3 is 10.1 Å². The molecule has 0 bridgehead atoms. The maximum absolute atomic E-state index is 13.2. The zero-order valence-electron chi connectivity index (χ0n) is 16.7. The molecular weight excluding hydrogens is 480 g/mol. The summed E-state index contributed by atoms with van der Waals surface area (Å²) in [6, 6.07) is 13.9. The first-order valence-electron chi connectivity index (χ1n) is 9.29. The highest BCUT2D eigenvalue weighted by Crippen LogP contribution is 2.35. The van der Waals surface area contributed by atoms with E-state index in [1.165, 1.54) is 11.3 Å². The molecule has 0 spiro atoms. The third-order valence-electron chi connectivity index (χ3n) is 5.11. The first kappa shape index (κ1) is 21.0. The van der Waals surface area contributed by atoms with E-state index in [-0.39, 0.29) is 12.5 Å². The standard InChI is InChI=1S/C22H17BrN4O3S/c1-22(14-5-3-4-13(8-14)10-24)20(28)27(21(29)26-22)11-16-12-31-19(25-16)17-9-15(23)6-7-18(17)30-2/h3-9,12H,11H2,1-2H3,(H,26,29). The molecule has 7 nitrogen and oxygen atoms in total. The first-order chi connectivity index (χ1) is 14.9. The Balaban J connectivity index is 1.60. The predicted molar refractivity (Wildman–Crippen MR) is 119 cm³/mol. The topological polar surface area (TPSA) is 95.3 Å². The minimum absolute atomic E-state index is 0.0466. The van der Waals surface area contributed by atoms with E-state index in [1.807, 2.05) is 23.6 Å². The average molecular weight is 497 g/mol. The van der Waals surface area contributed by atoms with Crippen LogP contribution in [0.5, 0.6) is 5.75 Å². The van der Waals surface area contributed by atoms with Crippen molar-refractivity contribution in [2.24, 2.45) is 0 Å². The molecule has 1 N–H and O–H groups in total. The molecule has 156 valence electrons. The second kappa shape index (κ2) is 8.13. The number of imide groups is 1. The minimum atomic E-state index is -1.24. The lowest BCUT2D eigenvalue weighted by atomic mass is 9.91. The van der Waals surface area contributed by atoms with Crippen LogP contribution in [0.4, 0.5) is 4.79 Å². The number of hydrogen-bond donors (Lipinski definition) is 1. The molecule has 1 atom stereocenters. The van der Waals surface area contributed by atoms with Crippen LogP contribution in [0.3, 0.4) is 0 Å². The molecule has 2 heterocycles. The number of ether oxygens (including phenoxy) is 1. The van der Waals surface area contributed by atoms with Crippen LogP contribution in [0.2, 0.25) is 0 Å². The fourth-order valence-corrected chi connectivity index (χ4v) is 4.64. The Bertz CT molecular complexity index is 1240. The SMILES string of the molecule is COc1ccc(Br)cc1-c1nc(CN2C(=O)NC(C)(c3cccc(C#N)c3)C2=O)cs1. The maximum Gasteiger partial charge on any atom is 0.325 e. The summed E-state index contributed by atoms with van der Waals surface area (Å²) in [5.41, 5.74) is 1.16. The summed E-state index contributed by atoms with van der Waals surface area (Å²) in [6.07, 6.45) is 0. The number of halogens is 1. The van der Waals surface area contributed by atoms with Crippen molar-refractivity contribution >= 4 is 39.2 Å². The van der Waals surface area contributed by atoms with E-state index < -0.39 is 11.6 Å². The predicted octanol–water partition coefficient (Wildman–Crippen LogP) is 4.42. The molecule has 0 aliphatic carbocycles. The van der Waals surface area contributed by atoms with Gasteiger partial charge in [0, 0.05) is 9.85 Å². The van der Waals surface area contributed by atoms with Gasteiger partial charge >= 0.3 is 6.03 Å². The van der Waals surface area contributed by atoms with Gasteiger partial charge in [-0.25, -0.2) is 9.78 Å². The number of benzene rings is 2. The van der Waals surface area contributed by atoms with Crippen LogP contribution in [0.1, 0.15) is 23.7 Å². The number of methoxy groups -OCH3 is 1. The molecule has 31 heavy (non-hydrogen) atoms. The van der Waals surface area contributed by atoms with E-state index >= 15 is 0 Å². The molecular formula is C22H17BrN4O3S. The van der Waals surface area contributed by atoms with Gasteiger partial charge in [-0.1, -0.05) is 28.1 Å². The van der Waals surface area contributed by atoms with Crippen LogP contribution in [0.25, 0.3) is 10.6 Å². The zero-order valence-corrected chi connectivity index (χ0v) is 19.1. The Labute approximate surface area is 191 Å². The molecule has 1 saturated heterocycles. The Hall–Kier alpha value is -3.22. The number of thiazole rings is 1. The number of aromatic nitrogens is 1. The summed E-state index contributed by atoms with van der Waals surface area (Å²) in [5, 5.41) is 14.5. The molecule has 1 aliphatic heterocycles. The van der Waals surface area contributed by atoms with Crippen molar-refractivity contribution in [3.8, 4) is 22.4 Å². The van der Waals surface area contributed by atoms with Crippen molar-refractivity contribution in [2.75, 3.05) is 7.11 Å². The van der Waals surface area contributed by atoms with Crippen molar-refractivity contribution < 1.29 is 14.3 Å². The van der Waals surface area contributed by atoms with Gasteiger partial charge in [0.1, 0.15) is 16.3 Å². The highest BCUT2D eigenvalue weighted by Gasteiger charge is 2.49. The van der Waals surface area contributed by atoms with Gasteiger partial charge in [-0.3, -0.25) is 9.69 Å². The monoisotopic (exact) mass is 496 g/mol. The lowest BCUT2D eigenvalue weighted by molar-refractivity contribution is -0.131. The van der Waals surface area contributed by atoms with Gasteiger partial charge in [-0.2, -0.15) is 5.26 Å². The lowest BCUT2D eigenvalue weighted by Gasteiger charge is -2.22. The number of nitrogens with one attached hydrogen (secondary N) is 1. The van der Waals surface area contributed by atoms with Crippen LogP contribution in [0.15, 0.2) is 52.3 Å². The van der Waals surface area contributed by atoms with E-state index in [4.69, 9.17) is 10.00 Å². The zero-order chi connectivity index (χ0) is 22.2. The molecule has 1 fully saturated rings. The quantitative estimate of drug-likeness (QED) is 0.527. The molecule has 1 aliphatic rings. The van der Waals surface area contributed by atoms with Crippen LogP contribution >= 0.6 is 27.3 Å². The molecule has 3 amide bonds. The molecule has 1 aromatic heterocycles. The van der Waals surface area contributed by atoms with Gasteiger partial charge in [0.05, 0.1) is 36.5 Å². The van der Waals surface area contributed by atoms with Crippen LogP contribution < -0.4 is 10.1 Å². The van der Waals surface area contributed by atoms with Crippen LogP contribution in [-0.4, -0.2) is 28.9 Å². The van der Waals surface area contributed by atoms with E-state index in [9.17, 15) is 9.59 Å². The van der Waals surface area contributed by atoms with Gasteiger partial charge in [-0.15, -0.1) is 11.3 Å². The molecule has 1 unspecified atom stereocenters. The third kappa shape index (κ3) is 3.80. The number of urea groups is 1. The van der Waals surface area contributed by atoms with Gasteiger partial charge in [-0.05, 0) is 42.8 Å². The van der Waals surface area contributed by atoms with E-state index in [0.717, 1.165) is 19.9 Å². The molecule has 0 radical (unpaired) electrons. The third-order valence-corrected chi connectivity index (χ3v) is 6.53. The normalized spacial score (nSPS) is 18.1. The molecule has 9 heteroatoms. The number of amides is 3. The summed E-state index contributed by atoms with van der Waals surface area (Å²) in [6.45, 7) is 1.69. The Morgan fingerprint density at radius 1 is 1.29 bits per heavy atom. The number of carbonyl (C=O) groups is 2. The largest absolute Gasteiger partial charge is 0.496 e. The van der Waals surface area contributed by atoms with Crippen molar-refractivity contribution in [1.82, 2.24) is 15.2 Å². The van der Waals surface area contributed by atoms with Crippen molar-refractivity contribution in [1.29, 1.82) is 5.26 Å². The Morgan fingerprint density at radius 3 is 2.84 bits per heavy atom. The molecule has 0 saturated carbocycles. The Morgan fingerprint density at radius 2 is 2.10 bits per heavy atom. The number of carbonyl (C=O) groups excluding carboxylic acids is 2. The van der Waals surface area contributed by atoms with Crippen molar-refractivity contribution in [3.63, 3.8) is 0 Å². The first-order valence-corrected chi connectivity index (χ1v) is 11.0. The van der Waals surface area contributed by atoms with Crippen LogP contribution in [-0.2, 0) is 16.9 Å². The number of rotatable bonds is 5. The highest BCUT2D eigenvalue weighted by atomic mass is 79.9. The van der Waals surface area contributed by atoms with E-state index in [0.29, 0.717) is 22.6 Å². The van der Waals surface area contributed by atoms with Gasteiger partial charge in [0.15, 0.2) is 0 Å². The molecule has 4 rings (SSSR count). The van der Waals surface area contributed by atoms with Gasteiger partial charge in [0.25, 0.3) is 5.91 Å². The fourth-order valence-electron chi connectivity index (χ4n) is 3.45. The maximum atomic E-state index is 13.2. The summed E-state index contributed by atoms with van der Waals surface area (Å²) < 4.78 is 6.31. The smallest absolute Gasteiger partial charge is 0.325 e. The minimum Gasteiger partial charge on any atom is -0.496 e. The van der Waals surface area contributed by atoms with E-state index in [1.54, 1.807) is 38.3 Å². The average Bonchev–Trinajstić information content (AvgIpc) is 3.33. The van der Waals surface area contributed by atoms with Gasteiger partial charge in [0.2, 0.25) is 0 Å². The fraction of sp³-hybridized carbons (Fsp3) is 0.182. The number of nitriles is 1. The summed E-state index contributed by atoms with van der Waals surface area (Å²) in [7, 11) is 1.59. The molecule has 2 aromatic carbocycles.